The Morgan fingerprint density at radius 3 is 2.53 bits per heavy atom. The van der Waals surface area contributed by atoms with Crippen LogP contribution in [0.15, 0.2) is 24.3 Å². The lowest BCUT2D eigenvalue weighted by atomic mass is 9.90. The molecule has 0 aliphatic heterocycles. The first kappa shape index (κ1) is 10.6. The van der Waals surface area contributed by atoms with E-state index in [4.69, 9.17) is 0 Å². The van der Waals surface area contributed by atoms with Gasteiger partial charge in [-0.25, -0.2) is 0 Å². The molecular weight excluding hydrogens is 190 g/mol. The molecule has 82 valence electrons. The molecule has 0 bridgehead atoms. The minimum atomic E-state index is -1.34. The van der Waals surface area contributed by atoms with Crippen LogP contribution < -0.4 is 0 Å². The average molecular weight is 207 g/mol. The molecule has 0 saturated heterocycles. The summed E-state index contributed by atoms with van der Waals surface area (Å²) < 4.78 is 0. The van der Waals surface area contributed by atoms with Gasteiger partial charge in [-0.1, -0.05) is 24.3 Å². The molecule has 0 amide bonds. The normalized spacial score (nSPS) is 24.9. The molecule has 0 radical (unpaired) electrons. The maximum atomic E-state index is 9.63. The van der Waals surface area contributed by atoms with Crippen molar-refractivity contribution in [2.75, 3.05) is 14.1 Å². The van der Waals surface area contributed by atoms with Crippen molar-refractivity contribution in [3.05, 3.63) is 35.4 Å². The number of benzene rings is 1. The standard InChI is InChI=1S/C12H17NO2/c1-13(2)12(11(14)15)8-7-9-5-3-4-6-10(9)12/h3-6,11,14-15H,7-8H2,1-2H3. The molecule has 15 heavy (non-hydrogen) atoms. The van der Waals surface area contributed by atoms with Gasteiger partial charge in [0.25, 0.3) is 0 Å². The van der Waals surface area contributed by atoms with E-state index in [1.165, 1.54) is 5.56 Å². The molecule has 1 aromatic rings. The highest BCUT2D eigenvalue weighted by Crippen LogP contribution is 2.42. The van der Waals surface area contributed by atoms with Crippen LogP contribution >= 0.6 is 0 Å². The highest BCUT2D eigenvalue weighted by molar-refractivity contribution is 5.39. The molecule has 0 aromatic heterocycles. The topological polar surface area (TPSA) is 43.7 Å². The number of rotatable bonds is 2. The summed E-state index contributed by atoms with van der Waals surface area (Å²) in [6.45, 7) is 0. The molecule has 1 unspecified atom stereocenters. The summed E-state index contributed by atoms with van der Waals surface area (Å²) in [7, 11) is 3.78. The Bertz CT molecular complexity index is 352. The Morgan fingerprint density at radius 1 is 1.27 bits per heavy atom. The summed E-state index contributed by atoms with van der Waals surface area (Å²) in [4.78, 5) is 1.91. The van der Waals surface area contributed by atoms with E-state index in [1.807, 2.05) is 37.2 Å². The molecule has 3 heteroatoms. The summed E-state index contributed by atoms with van der Waals surface area (Å²) in [5.74, 6) is 0. The number of fused-ring (bicyclic) bond motifs is 1. The number of aryl methyl sites for hydroxylation is 1. The van der Waals surface area contributed by atoms with Gasteiger partial charge in [0, 0.05) is 0 Å². The van der Waals surface area contributed by atoms with Crippen molar-refractivity contribution in [3.63, 3.8) is 0 Å². The van der Waals surface area contributed by atoms with E-state index in [-0.39, 0.29) is 0 Å². The maximum absolute atomic E-state index is 9.63. The highest BCUT2D eigenvalue weighted by atomic mass is 16.5. The van der Waals surface area contributed by atoms with Gasteiger partial charge in [-0.3, -0.25) is 4.90 Å². The van der Waals surface area contributed by atoms with E-state index < -0.39 is 11.8 Å². The predicted molar refractivity (Wildman–Crippen MR) is 58.4 cm³/mol. The molecule has 0 heterocycles. The summed E-state index contributed by atoms with van der Waals surface area (Å²) in [6, 6.07) is 7.99. The van der Waals surface area contributed by atoms with Gasteiger partial charge in [-0.05, 0) is 38.1 Å². The minimum absolute atomic E-state index is 0.628. The van der Waals surface area contributed by atoms with Crippen molar-refractivity contribution in [3.8, 4) is 0 Å². The van der Waals surface area contributed by atoms with E-state index in [2.05, 4.69) is 6.07 Å². The lowest BCUT2D eigenvalue weighted by molar-refractivity contribution is -0.146. The second-order valence-electron chi connectivity index (χ2n) is 4.35. The largest absolute Gasteiger partial charge is 0.366 e. The molecular formula is C12H17NO2. The second kappa shape index (κ2) is 3.59. The van der Waals surface area contributed by atoms with Crippen LogP contribution in [0, 0.1) is 0 Å². The monoisotopic (exact) mass is 207 g/mol. The van der Waals surface area contributed by atoms with Gasteiger partial charge >= 0.3 is 0 Å². The van der Waals surface area contributed by atoms with Crippen LogP contribution in [-0.2, 0) is 12.0 Å². The van der Waals surface area contributed by atoms with Gasteiger partial charge in [0.2, 0.25) is 0 Å². The molecule has 0 saturated carbocycles. The van der Waals surface area contributed by atoms with Crippen LogP contribution in [0.2, 0.25) is 0 Å². The van der Waals surface area contributed by atoms with Crippen molar-refractivity contribution >= 4 is 0 Å². The molecule has 1 aliphatic rings. The van der Waals surface area contributed by atoms with Gasteiger partial charge in [0.15, 0.2) is 6.29 Å². The zero-order chi connectivity index (χ0) is 11.1. The van der Waals surface area contributed by atoms with Gasteiger partial charge in [0.1, 0.15) is 0 Å². The third-order valence-electron chi connectivity index (χ3n) is 3.48. The van der Waals surface area contributed by atoms with Gasteiger partial charge in [-0.2, -0.15) is 0 Å². The van der Waals surface area contributed by atoms with Crippen molar-refractivity contribution in [1.82, 2.24) is 4.90 Å². The fourth-order valence-corrected chi connectivity index (χ4v) is 2.58. The first-order valence-corrected chi connectivity index (χ1v) is 5.21. The van der Waals surface area contributed by atoms with Crippen molar-refractivity contribution in [1.29, 1.82) is 0 Å². The molecule has 1 aromatic carbocycles. The first-order valence-electron chi connectivity index (χ1n) is 5.21. The third-order valence-corrected chi connectivity index (χ3v) is 3.48. The summed E-state index contributed by atoms with van der Waals surface area (Å²) in [5, 5.41) is 19.3. The van der Waals surface area contributed by atoms with E-state index in [9.17, 15) is 10.2 Å². The zero-order valence-corrected chi connectivity index (χ0v) is 9.14. The number of hydrogen-bond acceptors (Lipinski definition) is 3. The number of aliphatic hydroxyl groups is 2. The zero-order valence-electron chi connectivity index (χ0n) is 9.14. The maximum Gasteiger partial charge on any atom is 0.174 e. The van der Waals surface area contributed by atoms with Crippen LogP contribution in [0.4, 0.5) is 0 Å². The van der Waals surface area contributed by atoms with Crippen LogP contribution in [-0.4, -0.2) is 35.5 Å². The van der Waals surface area contributed by atoms with Gasteiger partial charge in [0.05, 0.1) is 5.54 Å². The number of hydrogen-bond donors (Lipinski definition) is 2. The number of nitrogens with zero attached hydrogens (tertiary/aromatic N) is 1. The Kier molecular flexibility index (Phi) is 2.54. The lowest BCUT2D eigenvalue weighted by Crippen LogP contribution is -2.49. The molecule has 1 aliphatic carbocycles. The lowest BCUT2D eigenvalue weighted by Gasteiger charge is -2.38. The molecule has 0 fully saturated rings. The van der Waals surface area contributed by atoms with E-state index in [1.54, 1.807) is 0 Å². The third kappa shape index (κ3) is 1.39. The average Bonchev–Trinajstić information content (AvgIpc) is 2.57. The minimum Gasteiger partial charge on any atom is -0.366 e. The van der Waals surface area contributed by atoms with Crippen molar-refractivity contribution in [2.24, 2.45) is 0 Å². The molecule has 2 N–H and O–H groups in total. The Morgan fingerprint density at radius 2 is 1.93 bits per heavy atom. The summed E-state index contributed by atoms with van der Waals surface area (Å²) in [6.07, 6.45) is 0.333. The van der Waals surface area contributed by atoms with Gasteiger partial charge < -0.3 is 10.2 Å². The summed E-state index contributed by atoms with van der Waals surface area (Å²) in [5.41, 5.74) is 1.64. The molecule has 0 spiro atoms. The Balaban J connectivity index is 2.54. The van der Waals surface area contributed by atoms with Crippen LogP contribution in [0.25, 0.3) is 0 Å². The van der Waals surface area contributed by atoms with Crippen molar-refractivity contribution < 1.29 is 10.2 Å². The smallest absolute Gasteiger partial charge is 0.174 e. The molecule has 3 nitrogen and oxygen atoms in total. The quantitative estimate of drug-likeness (QED) is 0.702. The molecule has 2 rings (SSSR count). The number of aliphatic hydroxyl groups excluding tert-OH is 1. The van der Waals surface area contributed by atoms with Crippen molar-refractivity contribution in [2.45, 2.75) is 24.7 Å². The first-order chi connectivity index (χ1) is 7.09. The van der Waals surface area contributed by atoms with E-state index in [0.29, 0.717) is 0 Å². The van der Waals surface area contributed by atoms with E-state index >= 15 is 0 Å². The van der Waals surface area contributed by atoms with Crippen LogP contribution in [0.3, 0.4) is 0 Å². The Labute approximate surface area is 90.0 Å². The predicted octanol–water partition coefficient (Wildman–Crippen LogP) is 0.700. The van der Waals surface area contributed by atoms with Gasteiger partial charge in [-0.15, -0.1) is 0 Å². The SMILES string of the molecule is CN(C)C1(C(O)O)CCc2ccccc21. The van der Waals surface area contributed by atoms with E-state index in [0.717, 1.165) is 18.4 Å². The molecule has 1 atom stereocenters. The fraction of sp³-hybridized carbons (Fsp3) is 0.500. The summed E-state index contributed by atoms with van der Waals surface area (Å²) >= 11 is 0. The van der Waals surface area contributed by atoms with Crippen LogP contribution in [0.5, 0.6) is 0 Å². The number of likely N-dealkylation sites (N-methyl/N-ethyl adjacent to an activating group) is 1. The second-order valence-corrected chi connectivity index (χ2v) is 4.35. The van der Waals surface area contributed by atoms with Crippen LogP contribution in [0.1, 0.15) is 17.5 Å². The fourth-order valence-electron chi connectivity index (χ4n) is 2.58. The Hall–Kier alpha value is -0.900. The highest BCUT2D eigenvalue weighted by Gasteiger charge is 2.45.